The maximum Gasteiger partial charge on any atom is 0.279 e. The van der Waals surface area contributed by atoms with Gasteiger partial charge in [-0.25, -0.2) is 0 Å². The molecule has 0 saturated heterocycles. The van der Waals surface area contributed by atoms with Crippen molar-refractivity contribution >= 4 is 34.9 Å². The molecule has 0 fully saturated rings. The highest BCUT2D eigenvalue weighted by atomic mass is 35.5. The van der Waals surface area contributed by atoms with Crippen LogP contribution in [0.15, 0.2) is 65.3 Å². The summed E-state index contributed by atoms with van der Waals surface area (Å²) in [7, 11) is 0. The van der Waals surface area contributed by atoms with Crippen molar-refractivity contribution in [2.75, 3.05) is 5.32 Å². The molecule has 1 heterocycles. The van der Waals surface area contributed by atoms with Gasteiger partial charge < -0.3 is 5.32 Å². The van der Waals surface area contributed by atoms with Gasteiger partial charge in [0.05, 0.1) is 6.54 Å². The topological polar surface area (TPSA) is 66.5 Å². The summed E-state index contributed by atoms with van der Waals surface area (Å²) in [5.74, 6) is -1.06. The van der Waals surface area contributed by atoms with Crippen LogP contribution < -0.4 is 5.32 Å². The first-order valence-electron chi connectivity index (χ1n) is 7.65. The third-order valence-corrected chi connectivity index (χ3v) is 4.21. The van der Waals surface area contributed by atoms with E-state index in [-0.39, 0.29) is 23.1 Å². The lowest BCUT2D eigenvalue weighted by atomic mass is 10.1. The van der Waals surface area contributed by atoms with Crippen LogP contribution in [0.4, 0.5) is 5.69 Å². The molecule has 0 spiro atoms. The minimum absolute atomic E-state index is 0.0400. The van der Waals surface area contributed by atoms with E-state index in [0.29, 0.717) is 11.3 Å². The molecule has 0 saturated carbocycles. The number of ketones is 1. The van der Waals surface area contributed by atoms with Gasteiger partial charge in [-0.1, -0.05) is 41.9 Å². The molecule has 1 N–H and O–H groups in total. The molecule has 25 heavy (non-hydrogen) atoms. The van der Waals surface area contributed by atoms with Crippen molar-refractivity contribution in [2.45, 2.75) is 13.5 Å². The summed E-state index contributed by atoms with van der Waals surface area (Å²) >= 11 is 6.07. The van der Waals surface area contributed by atoms with Crippen LogP contribution in [0.2, 0.25) is 0 Å². The number of Topliss-reactive ketones (excluding diaryl/α,β-unsaturated/α-hetero) is 1. The van der Waals surface area contributed by atoms with Crippen molar-refractivity contribution in [3.05, 3.63) is 76.5 Å². The number of carbonyl (C=O) groups excluding carboxylic acids is 3. The molecule has 0 unspecified atom stereocenters. The molecule has 0 aromatic heterocycles. The maximum atomic E-state index is 12.6. The second-order valence-electron chi connectivity index (χ2n) is 5.63. The molecule has 0 radical (unpaired) electrons. The molecular formula is C19H15ClN2O3. The van der Waals surface area contributed by atoms with Gasteiger partial charge in [-0.05, 0) is 36.8 Å². The van der Waals surface area contributed by atoms with Crippen LogP contribution in [0.1, 0.15) is 22.8 Å². The van der Waals surface area contributed by atoms with E-state index < -0.39 is 11.8 Å². The molecule has 2 amide bonds. The van der Waals surface area contributed by atoms with E-state index in [1.165, 1.54) is 6.92 Å². The van der Waals surface area contributed by atoms with Gasteiger partial charge in [0.2, 0.25) is 0 Å². The first-order valence-corrected chi connectivity index (χ1v) is 8.03. The van der Waals surface area contributed by atoms with Crippen molar-refractivity contribution in [3.63, 3.8) is 0 Å². The zero-order chi connectivity index (χ0) is 18.0. The van der Waals surface area contributed by atoms with Crippen LogP contribution in [0.3, 0.4) is 0 Å². The first kappa shape index (κ1) is 16.9. The van der Waals surface area contributed by atoms with E-state index in [1.54, 1.807) is 24.3 Å². The Labute approximate surface area is 149 Å². The minimum atomic E-state index is -0.529. The summed E-state index contributed by atoms with van der Waals surface area (Å²) in [6.45, 7) is 1.63. The summed E-state index contributed by atoms with van der Waals surface area (Å²) in [4.78, 5) is 37.3. The van der Waals surface area contributed by atoms with Crippen molar-refractivity contribution in [2.24, 2.45) is 0 Å². The average Bonchev–Trinajstić information content (AvgIpc) is 2.81. The fourth-order valence-corrected chi connectivity index (χ4v) is 2.73. The number of nitrogens with zero attached hydrogens (tertiary/aromatic N) is 1. The first-order chi connectivity index (χ1) is 12.0. The van der Waals surface area contributed by atoms with Crippen LogP contribution in [0.25, 0.3) is 0 Å². The van der Waals surface area contributed by atoms with E-state index in [1.807, 2.05) is 30.3 Å². The zero-order valence-electron chi connectivity index (χ0n) is 13.5. The van der Waals surface area contributed by atoms with Gasteiger partial charge in [0, 0.05) is 11.3 Å². The maximum absolute atomic E-state index is 12.6. The molecular weight excluding hydrogens is 340 g/mol. The molecule has 0 aliphatic carbocycles. The third kappa shape index (κ3) is 3.46. The van der Waals surface area contributed by atoms with E-state index in [9.17, 15) is 14.4 Å². The molecule has 126 valence electrons. The number of imide groups is 1. The largest absolute Gasteiger partial charge is 0.350 e. The zero-order valence-corrected chi connectivity index (χ0v) is 14.2. The Hall–Kier alpha value is -2.92. The van der Waals surface area contributed by atoms with Crippen LogP contribution in [-0.2, 0) is 16.1 Å². The summed E-state index contributed by atoms with van der Waals surface area (Å²) in [6, 6.07) is 15.8. The number of rotatable bonds is 5. The summed E-state index contributed by atoms with van der Waals surface area (Å²) in [5.41, 5.74) is 2.00. The molecule has 3 rings (SSSR count). The lowest BCUT2D eigenvalue weighted by Crippen LogP contribution is -2.31. The number of anilines is 1. The Balaban J connectivity index is 1.78. The van der Waals surface area contributed by atoms with Gasteiger partial charge in [0.25, 0.3) is 11.8 Å². The van der Waals surface area contributed by atoms with Gasteiger partial charge in [0.1, 0.15) is 10.7 Å². The third-order valence-electron chi connectivity index (χ3n) is 3.86. The van der Waals surface area contributed by atoms with Crippen molar-refractivity contribution in [1.82, 2.24) is 4.90 Å². The monoisotopic (exact) mass is 354 g/mol. The van der Waals surface area contributed by atoms with Gasteiger partial charge >= 0.3 is 0 Å². The number of amides is 2. The molecule has 6 heteroatoms. The van der Waals surface area contributed by atoms with Crippen LogP contribution in [0.5, 0.6) is 0 Å². The highest BCUT2D eigenvalue weighted by Gasteiger charge is 2.37. The Bertz CT molecular complexity index is 873. The van der Waals surface area contributed by atoms with Gasteiger partial charge in [-0.15, -0.1) is 0 Å². The second kappa shape index (κ2) is 6.91. The van der Waals surface area contributed by atoms with Crippen molar-refractivity contribution in [3.8, 4) is 0 Å². The Morgan fingerprint density at radius 1 is 1.00 bits per heavy atom. The smallest absolute Gasteiger partial charge is 0.279 e. The van der Waals surface area contributed by atoms with Gasteiger partial charge in [0.15, 0.2) is 5.78 Å². The predicted molar refractivity (Wildman–Crippen MR) is 94.9 cm³/mol. The summed E-state index contributed by atoms with van der Waals surface area (Å²) in [5, 5.41) is 2.73. The summed E-state index contributed by atoms with van der Waals surface area (Å²) < 4.78 is 0. The average molecular weight is 355 g/mol. The highest BCUT2D eigenvalue weighted by molar-refractivity contribution is 6.48. The number of carbonyl (C=O) groups is 3. The van der Waals surface area contributed by atoms with E-state index >= 15 is 0 Å². The van der Waals surface area contributed by atoms with Crippen LogP contribution in [0, 0.1) is 0 Å². The number of hydrogen-bond donors (Lipinski definition) is 1. The van der Waals surface area contributed by atoms with Crippen molar-refractivity contribution in [1.29, 1.82) is 0 Å². The molecule has 2 aromatic rings. The van der Waals surface area contributed by atoms with E-state index in [2.05, 4.69) is 5.32 Å². The number of hydrogen-bond acceptors (Lipinski definition) is 4. The predicted octanol–water partition coefficient (Wildman–Crippen LogP) is 3.32. The number of nitrogens with one attached hydrogen (secondary N) is 1. The molecule has 5 nitrogen and oxygen atoms in total. The Kier molecular flexibility index (Phi) is 4.67. The Morgan fingerprint density at radius 3 is 2.24 bits per heavy atom. The second-order valence-corrected chi connectivity index (χ2v) is 6.01. The normalized spacial score (nSPS) is 14.2. The molecule has 0 atom stereocenters. The quantitative estimate of drug-likeness (QED) is 0.660. The fraction of sp³-hybridized carbons (Fsp3) is 0.105. The fourth-order valence-electron chi connectivity index (χ4n) is 2.50. The summed E-state index contributed by atoms with van der Waals surface area (Å²) in [6.07, 6.45) is 0. The van der Waals surface area contributed by atoms with E-state index in [4.69, 9.17) is 11.6 Å². The number of benzene rings is 2. The van der Waals surface area contributed by atoms with Crippen LogP contribution in [-0.4, -0.2) is 22.5 Å². The lowest BCUT2D eigenvalue weighted by Gasteiger charge is -2.15. The highest BCUT2D eigenvalue weighted by Crippen LogP contribution is 2.27. The van der Waals surface area contributed by atoms with Crippen LogP contribution >= 0.6 is 11.6 Å². The standard InChI is InChI=1S/C19H15ClN2O3/c1-12(23)14-7-9-15(10-8-14)21-17-16(20)18(24)22(19(17)25)11-13-5-3-2-4-6-13/h2-10,21H,11H2,1H3. The van der Waals surface area contributed by atoms with E-state index in [0.717, 1.165) is 10.5 Å². The van der Waals surface area contributed by atoms with Gasteiger partial charge in [-0.2, -0.15) is 0 Å². The molecule has 0 bridgehead atoms. The minimum Gasteiger partial charge on any atom is -0.350 e. The molecule has 2 aromatic carbocycles. The van der Waals surface area contributed by atoms with Crippen molar-refractivity contribution < 1.29 is 14.4 Å². The molecule has 1 aliphatic heterocycles. The SMILES string of the molecule is CC(=O)c1ccc(NC2=C(Cl)C(=O)N(Cc3ccccc3)C2=O)cc1. The Morgan fingerprint density at radius 2 is 1.64 bits per heavy atom. The number of halogens is 1. The lowest BCUT2D eigenvalue weighted by molar-refractivity contribution is -0.138. The van der Waals surface area contributed by atoms with Gasteiger partial charge in [-0.3, -0.25) is 19.3 Å². The molecule has 1 aliphatic rings.